The summed E-state index contributed by atoms with van der Waals surface area (Å²) in [5, 5.41) is 0. The Morgan fingerprint density at radius 2 is 2.41 bits per heavy atom. The van der Waals surface area contributed by atoms with Gasteiger partial charge in [0, 0.05) is 23.9 Å². The van der Waals surface area contributed by atoms with E-state index in [-0.39, 0.29) is 0 Å². The molecule has 2 N–H and O–H groups in total. The Hall–Kier alpha value is -1.00. The van der Waals surface area contributed by atoms with Crippen LogP contribution in [0.3, 0.4) is 0 Å². The zero-order chi connectivity index (χ0) is 11.7. The maximum atomic E-state index is 5.82. The minimum Gasteiger partial charge on any atom is -0.325 e. The van der Waals surface area contributed by atoms with Gasteiger partial charge in [0.1, 0.15) is 5.82 Å². The first-order valence-electron chi connectivity index (χ1n) is 6.13. The Morgan fingerprint density at radius 1 is 1.47 bits per heavy atom. The van der Waals surface area contributed by atoms with Crippen LogP contribution < -0.4 is 5.73 Å². The van der Waals surface area contributed by atoms with Gasteiger partial charge in [-0.3, -0.25) is 4.40 Å². The lowest BCUT2D eigenvalue weighted by Gasteiger charge is -2.21. The number of fused-ring (bicyclic) bond motifs is 1. The highest BCUT2D eigenvalue weighted by Gasteiger charge is 2.20. The molecule has 0 spiro atoms. The molecule has 1 fully saturated rings. The van der Waals surface area contributed by atoms with E-state index in [4.69, 9.17) is 5.73 Å². The van der Waals surface area contributed by atoms with Gasteiger partial charge >= 0.3 is 0 Å². The molecule has 1 unspecified atom stereocenters. The second-order valence-corrected chi connectivity index (χ2v) is 5.66. The van der Waals surface area contributed by atoms with Crippen molar-refractivity contribution in [1.82, 2.24) is 9.38 Å². The van der Waals surface area contributed by atoms with E-state index in [1.54, 1.807) is 0 Å². The quantitative estimate of drug-likeness (QED) is 0.886. The predicted molar refractivity (Wildman–Crippen MR) is 72.4 cm³/mol. The van der Waals surface area contributed by atoms with Gasteiger partial charge in [0.15, 0.2) is 0 Å². The highest BCUT2D eigenvalue weighted by atomic mass is 32.2. The van der Waals surface area contributed by atoms with E-state index in [0.29, 0.717) is 12.5 Å². The van der Waals surface area contributed by atoms with Crippen molar-refractivity contribution in [3.63, 3.8) is 0 Å². The van der Waals surface area contributed by atoms with Gasteiger partial charge in [0.05, 0.1) is 11.7 Å². The van der Waals surface area contributed by atoms with Crippen molar-refractivity contribution < 1.29 is 0 Å². The maximum Gasteiger partial charge on any atom is 0.117 e. The van der Waals surface area contributed by atoms with Crippen LogP contribution in [0.2, 0.25) is 0 Å². The minimum atomic E-state index is 0.570. The highest BCUT2D eigenvalue weighted by Crippen LogP contribution is 2.31. The molecule has 90 valence electrons. The molecule has 1 saturated heterocycles. The van der Waals surface area contributed by atoms with Crippen molar-refractivity contribution in [3.8, 4) is 0 Å². The molecule has 2 aromatic rings. The number of nitrogens with zero attached hydrogens (tertiary/aromatic N) is 2. The molecule has 4 heteroatoms. The van der Waals surface area contributed by atoms with Gasteiger partial charge in [-0.25, -0.2) is 4.98 Å². The zero-order valence-electron chi connectivity index (χ0n) is 9.80. The first kappa shape index (κ1) is 11.1. The van der Waals surface area contributed by atoms with Gasteiger partial charge in [-0.1, -0.05) is 6.07 Å². The normalized spacial score (nSPS) is 20.9. The van der Waals surface area contributed by atoms with E-state index in [1.807, 2.05) is 18.0 Å². The topological polar surface area (TPSA) is 43.3 Å². The van der Waals surface area contributed by atoms with Crippen LogP contribution in [-0.2, 0) is 6.54 Å². The lowest BCUT2D eigenvalue weighted by Crippen LogP contribution is -2.14. The van der Waals surface area contributed by atoms with Gasteiger partial charge in [-0.2, -0.15) is 11.8 Å². The lowest BCUT2D eigenvalue weighted by atomic mass is 10.0. The van der Waals surface area contributed by atoms with E-state index in [1.165, 1.54) is 35.7 Å². The molecule has 0 radical (unpaired) electrons. The van der Waals surface area contributed by atoms with Crippen LogP contribution in [0.1, 0.15) is 30.3 Å². The van der Waals surface area contributed by atoms with Crippen LogP contribution in [-0.4, -0.2) is 20.9 Å². The summed E-state index contributed by atoms with van der Waals surface area (Å²) in [6.45, 7) is 0.570. The SMILES string of the molecule is NCc1cccc2cnc(C3CCCSC3)n12. The smallest absolute Gasteiger partial charge is 0.117 e. The van der Waals surface area contributed by atoms with Crippen molar-refractivity contribution in [2.45, 2.75) is 25.3 Å². The molecule has 3 nitrogen and oxygen atoms in total. The maximum absolute atomic E-state index is 5.82. The van der Waals surface area contributed by atoms with Crippen molar-refractivity contribution in [2.75, 3.05) is 11.5 Å². The number of hydrogen-bond acceptors (Lipinski definition) is 3. The van der Waals surface area contributed by atoms with Crippen molar-refractivity contribution in [1.29, 1.82) is 0 Å². The first-order valence-corrected chi connectivity index (χ1v) is 7.28. The zero-order valence-corrected chi connectivity index (χ0v) is 10.6. The summed E-state index contributed by atoms with van der Waals surface area (Å²) in [7, 11) is 0. The number of aromatic nitrogens is 2. The fourth-order valence-electron chi connectivity index (χ4n) is 2.53. The molecule has 3 heterocycles. The Labute approximate surface area is 105 Å². The van der Waals surface area contributed by atoms with E-state index in [9.17, 15) is 0 Å². The van der Waals surface area contributed by atoms with E-state index >= 15 is 0 Å². The highest BCUT2D eigenvalue weighted by molar-refractivity contribution is 7.99. The summed E-state index contributed by atoms with van der Waals surface area (Å²) in [6, 6.07) is 6.25. The molecule has 0 amide bonds. The molecule has 17 heavy (non-hydrogen) atoms. The molecule has 1 aliphatic heterocycles. The molecule has 0 bridgehead atoms. The summed E-state index contributed by atoms with van der Waals surface area (Å²) in [4.78, 5) is 4.62. The fraction of sp³-hybridized carbons (Fsp3) is 0.462. The van der Waals surface area contributed by atoms with Crippen LogP contribution in [0.4, 0.5) is 0 Å². The minimum absolute atomic E-state index is 0.570. The molecule has 0 saturated carbocycles. The van der Waals surface area contributed by atoms with Gasteiger partial charge < -0.3 is 5.73 Å². The predicted octanol–water partition coefficient (Wildman–Crippen LogP) is 2.40. The number of imidazole rings is 1. The van der Waals surface area contributed by atoms with Crippen LogP contribution in [0, 0.1) is 0 Å². The third-order valence-corrected chi connectivity index (χ3v) is 4.61. The van der Waals surface area contributed by atoms with Crippen LogP contribution in [0.25, 0.3) is 5.52 Å². The Morgan fingerprint density at radius 3 is 3.18 bits per heavy atom. The van der Waals surface area contributed by atoms with Gasteiger partial charge in [-0.15, -0.1) is 0 Å². The van der Waals surface area contributed by atoms with E-state index in [0.717, 1.165) is 5.69 Å². The van der Waals surface area contributed by atoms with Crippen LogP contribution in [0.15, 0.2) is 24.4 Å². The number of rotatable bonds is 2. The Kier molecular flexibility index (Phi) is 3.07. The van der Waals surface area contributed by atoms with E-state index in [2.05, 4.69) is 27.6 Å². The second-order valence-electron chi connectivity index (χ2n) is 4.51. The summed E-state index contributed by atoms with van der Waals surface area (Å²) in [5.41, 5.74) is 8.14. The van der Waals surface area contributed by atoms with Crippen molar-refractivity contribution >= 4 is 17.3 Å². The Bertz CT molecular complexity index is 514. The molecule has 0 aliphatic carbocycles. The molecule has 3 rings (SSSR count). The third-order valence-electron chi connectivity index (χ3n) is 3.39. The average molecular weight is 247 g/mol. The monoisotopic (exact) mass is 247 g/mol. The number of thioether (sulfide) groups is 1. The molecule has 0 aromatic carbocycles. The summed E-state index contributed by atoms with van der Waals surface area (Å²) >= 11 is 2.04. The van der Waals surface area contributed by atoms with Crippen molar-refractivity contribution in [2.24, 2.45) is 5.73 Å². The van der Waals surface area contributed by atoms with E-state index < -0.39 is 0 Å². The number of pyridine rings is 1. The number of hydrogen-bond donors (Lipinski definition) is 1. The second kappa shape index (κ2) is 4.70. The first-order chi connectivity index (χ1) is 8.40. The third kappa shape index (κ3) is 1.96. The summed E-state index contributed by atoms with van der Waals surface area (Å²) in [6.07, 6.45) is 4.52. The molecule has 1 atom stereocenters. The summed E-state index contributed by atoms with van der Waals surface area (Å²) < 4.78 is 2.25. The van der Waals surface area contributed by atoms with Crippen LogP contribution >= 0.6 is 11.8 Å². The van der Waals surface area contributed by atoms with Gasteiger partial charge in [0.25, 0.3) is 0 Å². The average Bonchev–Trinajstić information content (AvgIpc) is 2.83. The standard InChI is InChI=1S/C13H17N3S/c14-7-11-4-1-5-12-8-15-13(16(11)12)10-3-2-6-17-9-10/h1,4-5,8,10H,2-3,6-7,9,14H2. The lowest BCUT2D eigenvalue weighted by molar-refractivity contribution is 0.616. The Balaban J connectivity index is 2.09. The molecular formula is C13H17N3S. The van der Waals surface area contributed by atoms with Gasteiger partial charge in [0.2, 0.25) is 0 Å². The number of nitrogens with two attached hydrogens (primary N) is 1. The van der Waals surface area contributed by atoms with Gasteiger partial charge in [-0.05, 0) is 30.7 Å². The largest absolute Gasteiger partial charge is 0.325 e. The molecule has 1 aliphatic rings. The fourth-order valence-corrected chi connectivity index (χ4v) is 3.67. The summed E-state index contributed by atoms with van der Waals surface area (Å²) in [5.74, 6) is 4.28. The molecule has 2 aromatic heterocycles. The van der Waals surface area contributed by atoms with Crippen molar-refractivity contribution in [3.05, 3.63) is 35.9 Å². The molecular weight excluding hydrogens is 230 g/mol. The van der Waals surface area contributed by atoms with Crippen LogP contribution in [0.5, 0.6) is 0 Å².